The third kappa shape index (κ3) is 2.82. The van der Waals surface area contributed by atoms with Crippen molar-refractivity contribution in [1.29, 1.82) is 0 Å². The van der Waals surface area contributed by atoms with E-state index in [-0.39, 0.29) is 5.78 Å². The highest BCUT2D eigenvalue weighted by molar-refractivity contribution is 6.07. The van der Waals surface area contributed by atoms with Crippen molar-refractivity contribution >= 4 is 11.5 Å². The Bertz CT molecular complexity index is 605. The second kappa shape index (κ2) is 6.23. The van der Waals surface area contributed by atoms with Crippen LogP contribution in [0.2, 0.25) is 0 Å². The molecule has 0 unspecified atom stereocenters. The zero-order valence-corrected chi connectivity index (χ0v) is 11.8. The molecule has 0 aliphatic carbocycles. The number of ether oxygens (including phenoxy) is 1. The number of nitrogens with two attached hydrogens (primary N) is 1. The van der Waals surface area contributed by atoms with Gasteiger partial charge in [-0.1, -0.05) is 6.92 Å². The van der Waals surface area contributed by atoms with Crippen LogP contribution in [0.4, 0.5) is 5.69 Å². The molecule has 2 N–H and O–H groups in total. The van der Waals surface area contributed by atoms with Gasteiger partial charge in [-0.25, -0.2) is 4.98 Å². The minimum absolute atomic E-state index is 0.127. The number of imidazole rings is 1. The summed E-state index contributed by atoms with van der Waals surface area (Å²) in [6.45, 7) is 5.26. The highest BCUT2D eigenvalue weighted by Gasteiger charge is 2.16. The maximum Gasteiger partial charge on any atom is 0.228 e. The van der Waals surface area contributed by atoms with E-state index in [1.807, 2.05) is 17.7 Å². The Kier molecular flexibility index (Phi) is 4.40. The number of hydrogen-bond acceptors (Lipinski definition) is 4. The van der Waals surface area contributed by atoms with Gasteiger partial charge in [0.15, 0.2) is 5.82 Å². The Morgan fingerprint density at radius 3 is 2.85 bits per heavy atom. The third-order valence-corrected chi connectivity index (χ3v) is 2.95. The van der Waals surface area contributed by atoms with Crippen LogP contribution in [0.5, 0.6) is 5.75 Å². The molecule has 0 amide bonds. The number of carbonyl (C=O) groups is 1. The van der Waals surface area contributed by atoms with E-state index >= 15 is 0 Å². The molecule has 0 atom stereocenters. The fourth-order valence-corrected chi connectivity index (χ4v) is 2.05. The Morgan fingerprint density at radius 1 is 1.40 bits per heavy atom. The van der Waals surface area contributed by atoms with Crippen molar-refractivity contribution in [3.63, 3.8) is 0 Å². The van der Waals surface area contributed by atoms with E-state index in [4.69, 9.17) is 10.5 Å². The van der Waals surface area contributed by atoms with E-state index in [1.165, 1.54) is 0 Å². The van der Waals surface area contributed by atoms with Crippen molar-refractivity contribution in [3.8, 4) is 5.75 Å². The van der Waals surface area contributed by atoms with Crippen molar-refractivity contribution < 1.29 is 9.53 Å². The second-order valence-electron chi connectivity index (χ2n) is 4.46. The molecule has 0 spiro atoms. The van der Waals surface area contributed by atoms with Gasteiger partial charge < -0.3 is 15.0 Å². The molecule has 5 heteroatoms. The maximum atomic E-state index is 12.4. The van der Waals surface area contributed by atoms with Gasteiger partial charge in [0.25, 0.3) is 0 Å². The Morgan fingerprint density at radius 2 is 2.20 bits per heavy atom. The van der Waals surface area contributed by atoms with Crippen molar-refractivity contribution in [3.05, 3.63) is 42.0 Å². The minimum atomic E-state index is -0.127. The Balaban J connectivity index is 2.29. The zero-order valence-electron chi connectivity index (χ0n) is 11.8. The van der Waals surface area contributed by atoms with Gasteiger partial charge in [-0.05, 0) is 31.5 Å². The monoisotopic (exact) mass is 273 g/mol. The molecule has 2 rings (SSSR count). The smallest absolute Gasteiger partial charge is 0.228 e. The van der Waals surface area contributed by atoms with Crippen LogP contribution in [-0.2, 0) is 6.54 Å². The average molecular weight is 273 g/mol. The van der Waals surface area contributed by atoms with Crippen molar-refractivity contribution in [2.24, 2.45) is 0 Å². The fraction of sp³-hybridized carbons (Fsp3) is 0.333. The normalized spacial score (nSPS) is 10.5. The molecule has 5 nitrogen and oxygen atoms in total. The van der Waals surface area contributed by atoms with Gasteiger partial charge in [0.1, 0.15) is 5.75 Å². The molecule has 20 heavy (non-hydrogen) atoms. The number of benzene rings is 1. The molecule has 1 heterocycles. The van der Waals surface area contributed by atoms with Crippen LogP contribution in [0.1, 0.15) is 36.5 Å². The lowest BCUT2D eigenvalue weighted by Crippen LogP contribution is -2.11. The summed E-state index contributed by atoms with van der Waals surface area (Å²) in [6.07, 6.45) is 4.40. The predicted octanol–water partition coefficient (Wildman–Crippen LogP) is 2.50. The van der Waals surface area contributed by atoms with E-state index in [1.54, 1.807) is 24.4 Å². The molecule has 1 aromatic heterocycles. The molecule has 0 radical (unpaired) electrons. The first-order chi connectivity index (χ1) is 9.67. The summed E-state index contributed by atoms with van der Waals surface area (Å²) in [6, 6.07) is 5.08. The quantitative estimate of drug-likeness (QED) is 0.648. The molecule has 0 bridgehead atoms. The predicted molar refractivity (Wildman–Crippen MR) is 78.0 cm³/mol. The highest BCUT2D eigenvalue weighted by atomic mass is 16.5. The number of carbonyl (C=O) groups excluding carboxylic acids is 1. The van der Waals surface area contributed by atoms with Crippen LogP contribution >= 0.6 is 0 Å². The largest absolute Gasteiger partial charge is 0.492 e. The molecule has 1 aromatic carbocycles. The minimum Gasteiger partial charge on any atom is -0.492 e. The number of anilines is 1. The van der Waals surface area contributed by atoms with Crippen molar-refractivity contribution in [1.82, 2.24) is 9.55 Å². The topological polar surface area (TPSA) is 70.1 Å². The number of nitrogen functional groups attached to an aromatic ring is 1. The molecule has 0 aliphatic rings. The molecule has 106 valence electrons. The molecule has 2 aromatic rings. The summed E-state index contributed by atoms with van der Waals surface area (Å²) in [5.41, 5.74) is 6.88. The van der Waals surface area contributed by atoms with E-state index < -0.39 is 0 Å². The van der Waals surface area contributed by atoms with Gasteiger partial charge in [-0.15, -0.1) is 0 Å². The average Bonchev–Trinajstić information content (AvgIpc) is 2.89. The number of hydrogen-bond donors (Lipinski definition) is 1. The highest BCUT2D eigenvalue weighted by Crippen LogP contribution is 2.23. The molecule has 0 aliphatic heterocycles. The van der Waals surface area contributed by atoms with Gasteiger partial charge in [-0.3, -0.25) is 4.79 Å². The number of nitrogens with zero attached hydrogens (tertiary/aromatic N) is 2. The number of rotatable bonds is 6. The fourth-order valence-electron chi connectivity index (χ4n) is 2.05. The Labute approximate surface area is 118 Å². The van der Waals surface area contributed by atoms with Gasteiger partial charge in [0, 0.05) is 24.5 Å². The van der Waals surface area contributed by atoms with Crippen LogP contribution in [0.3, 0.4) is 0 Å². The summed E-state index contributed by atoms with van der Waals surface area (Å²) in [7, 11) is 0. The number of aromatic nitrogens is 2. The SMILES string of the molecule is CCCn1ccnc1C(=O)c1ccc(OCC)c(N)c1. The lowest BCUT2D eigenvalue weighted by Gasteiger charge is -2.09. The van der Waals surface area contributed by atoms with Crippen LogP contribution < -0.4 is 10.5 Å². The van der Waals surface area contributed by atoms with Crippen molar-refractivity contribution in [2.75, 3.05) is 12.3 Å². The molecular weight excluding hydrogens is 254 g/mol. The molecule has 0 fully saturated rings. The first-order valence-electron chi connectivity index (χ1n) is 6.75. The van der Waals surface area contributed by atoms with Crippen LogP contribution in [0.25, 0.3) is 0 Å². The van der Waals surface area contributed by atoms with Gasteiger partial charge in [0.2, 0.25) is 5.78 Å². The molecule has 0 saturated carbocycles. The van der Waals surface area contributed by atoms with Crippen LogP contribution in [0.15, 0.2) is 30.6 Å². The first-order valence-corrected chi connectivity index (χ1v) is 6.75. The van der Waals surface area contributed by atoms with Crippen molar-refractivity contribution in [2.45, 2.75) is 26.8 Å². The lowest BCUT2D eigenvalue weighted by atomic mass is 10.1. The van der Waals surface area contributed by atoms with Gasteiger partial charge in [-0.2, -0.15) is 0 Å². The van der Waals surface area contributed by atoms with E-state index in [0.29, 0.717) is 29.4 Å². The first kappa shape index (κ1) is 14.1. The van der Waals surface area contributed by atoms with Crippen LogP contribution in [-0.4, -0.2) is 21.9 Å². The summed E-state index contributed by atoms with van der Waals surface area (Å²) in [5.74, 6) is 0.912. The van der Waals surface area contributed by atoms with E-state index in [0.717, 1.165) is 13.0 Å². The maximum absolute atomic E-state index is 12.4. The molecular formula is C15H19N3O2. The summed E-state index contributed by atoms with van der Waals surface area (Å²) in [4.78, 5) is 16.6. The summed E-state index contributed by atoms with van der Waals surface area (Å²) in [5, 5.41) is 0. The lowest BCUT2D eigenvalue weighted by molar-refractivity contribution is 0.102. The number of aryl methyl sites for hydroxylation is 1. The van der Waals surface area contributed by atoms with Gasteiger partial charge in [0.05, 0.1) is 12.3 Å². The second-order valence-corrected chi connectivity index (χ2v) is 4.46. The Hall–Kier alpha value is -2.30. The summed E-state index contributed by atoms with van der Waals surface area (Å²) < 4.78 is 7.22. The third-order valence-electron chi connectivity index (χ3n) is 2.95. The van der Waals surface area contributed by atoms with E-state index in [2.05, 4.69) is 11.9 Å². The summed E-state index contributed by atoms with van der Waals surface area (Å²) >= 11 is 0. The standard InChI is InChI=1S/C15H19N3O2/c1-3-8-18-9-7-17-15(18)14(19)11-5-6-13(20-4-2)12(16)10-11/h5-7,9-10H,3-4,8,16H2,1-2H3. The van der Waals surface area contributed by atoms with Crippen LogP contribution in [0, 0.1) is 0 Å². The zero-order chi connectivity index (χ0) is 14.5. The number of ketones is 1. The van der Waals surface area contributed by atoms with Gasteiger partial charge >= 0.3 is 0 Å². The van der Waals surface area contributed by atoms with E-state index in [9.17, 15) is 4.79 Å². The molecule has 0 saturated heterocycles.